The lowest BCUT2D eigenvalue weighted by atomic mass is 9.98. The van der Waals surface area contributed by atoms with E-state index in [4.69, 9.17) is 0 Å². The minimum absolute atomic E-state index is 0.241. The standard InChI is InChI=1S/C18H13F3O3S/c19-18(20,21)25(22,23)24-17-11-4-2-7-15(17)12-14-9-5-8-13-6-1-3-10-16(13)14/h1-11H,12H2. The predicted molar refractivity (Wildman–Crippen MR) is 88.8 cm³/mol. The average Bonchev–Trinajstić information content (AvgIpc) is 2.56. The van der Waals surface area contributed by atoms with Crippen molar-refractivity contribution in [3.05, 3.63) is 77.9 Å². The average molecular weight is 366 g/mol. The molecule has 3 rings (SSSR count). The summed E-state index contributed by atoms with van der Waals surface area (Å²) in [5.74, 6) is -0.326. The number of fused-ring (bicyclic) bond motifs is 1. The molecular weight excluding hydrogens is 353 g/mol. The number of para-hydroxylation sites is 1. The fourth-order valence-electron chi connectivity index (χ4n) is 2.55. The summed E-state index contributed by atoms with van der Waals surface area (Å²) in [4.78, 5) is 0. The minimum Gasteiger partial charge on any atom is -0.376 e. The summed E-state index contributed by atoms with van der Waals surface area (Å²) in [7, 11) is -5.71. The van der Waals surface area contributed by atoms with E-state index >= 15 is 0 Å². The van der Waals surface area contributed by atoms with E-state index in [9.17, 15) is 21.6 Å². The van der Waals surface area contributed by atoms with Crippen LogP contribution in [0.5, 0.6) is 5.75 Å². The van der Waals surface area contributed by atoms with Gasteiger partial charge >= 0.3 is 15.6 Å². The van der Waals surface area contributed by atoms with Crippen molar-refractivity contribution in [2.45, 2.75) is 11.9 Å². The molecule has 3 nitrogen and oxygen atoms in total. The molecule has 3 aromatic rings. The van der Waals surface area contributed by atoms with Gasteiger partial charge in [-0.1, -0.05) is 60.7 Å². The zero-order valence-corrected chi connectivity index (χ0v) is 13.6. The van der Waals surface area contributed by atoms with Crippen molar-refractivity contribution in [3.8, 4) is 5.75 Å². The molecule has 0 aliphatic heterocycles. The van der Waals surface area contributed by atoms with E-state index < -0.39 is 15.6 Å². The fraction of sp³-hybridized carbons (Fsp3) is 0.111. The highest BCUT2D eigenvalue weighted by molar-refractivity contribution is 7.88. The van der Waals surface area contributed by atoms with Gasteiger partial charge in [0, 0.05) is 12.0 Å². The molecule has 25 heavy (non-hydrogen) atoms. The zero-order chi connectivity index (χ0) is 18.1. The molecule has 0 fully saturated rings. The lowest BCUT2D eigenvalue weighted by Gasteiger charge is -2.13. The van der Waals surface area contributed by atoms with Crippen LogP contribution < -0.4 is 4.18 Å². The van der Waals surface area contributed by atoms with Crippen LogP contribution in [0.25, 0.3) is 10.8 Å². The Morgan fingerprint density at radius 2 is 1.40 bits per heavy atom. The highest BCUT2D eigenvalue weighted by Gasteiger charge is 2.48. The lowest BCUT2D eigenvalue weighted by molar-refractivity contribution is -0.0500. The first-order valence-corrected chi connectivity index (χ1v) is 8.74. The number of hydrogen-bond donors (Lipinski definition) is 0. The number of rotatable bonds is 4. The third-order valence-electron chi connectivity index (χ3n) is 3.72. The van der Waals surface area contributed by atoms with Crippen LogP contribution in [0.15, 0.2) is 66.7 Å². The molecule has 0 saturated heterocycles. The first-order valence-electron chi connectivity index (χ1n) is 7.33. The van der Waals surface area contributed by atoms with E-state index in [0.717, 1.165) is 16.3 Å². The highest BCUT2D eigenvalue weighted by Crippen LogP contribution is 2.31. The predicted octanol–water partition coefficient (Wildman–Crippen LogP) is 4.66. The summed E-state index contributed by atoms with van der Waals surface area (Å²) in [5, 5.41) is 1.93. The summed E-state index contributed by atoms with van der Waals surface area (Å²) >= 11 is 0. The van der Waals surface area contributed by atoms with Crippen LogP contribution in [0.2, 0.25) is 0 Å². The molecule has 7 heteroatoms. The van der Waals surface area contributed by atoms with Gasteiger partial charge in [0.05, 0.1) is 0 Å². The quantitative estimate of drug-likeness (QED) is 0.498. The van der Waals surface area contributed by atoms with Gasteiger partial charge in [-0.05, 0) is 22.4 Å². The van der Waals surface area contributed by atoms with Crippen molar-refractivity contribution in [2.24, 2.45) is 0 Å². The van der Waals surface area contributed by atoms with Gasteiger partial charge in [0.15, 0.2) is 0 Å². The molecule has 0 unspecified atom stereocenters. The maximum atomic E-state index is 12.6. The molecule has 0 aliphatic carbocycles. The van der Waals surface area contributed by atoms with Crippen molar-refractivity contribution >= 4 is 20.9 Å². The van der Waals surface area contributed by atoms with E-state index in [0.29, 0.717) is 5.56 Å². The number of benzene rings is 3. The Kier molecular flexibility index (Phi) is 4.43. The number of alkyl halides is 3. The molecule has 0 spiro atoms. The van der Waals surface area contributed by atoms with E-state index in [-0.39, 0.29) is 12.2 Å². The first-order chi connectivity index (χ1) is 11.8. The van der Waals surface area contributed by atoms with Crippen molar-refractivity contribution in [3.63, 3.8) is 0 Å². The minimum atomic E-state index is -5.71. The smallest absolute Gasteiger partial charge is 0.376 e. The van der Waals surface area contributed by atoms with Gasteiger partial charge in [-0.2, -0.15) is 21.6 Å². The molecule has 130 valence electrons. The van der Waals surface area contributed by atoms with E-state index in [1.54, 1.807) is 12.1 Å². The molecule has 0 aromatic heterocycles. The molecule has 0 heterocycles. The second-order valence-electron chi connectivity index (χ2n) is 5.41. The molecule has 0 atom stereocenters. The Balaban J connectivity index is 1.99. The van der Waals surface area contributed by atoms with Gasteiger partial charge in [0.1, 0.15) is 5.75 Å². The van der Waals surface area contributed by atoms with Gasteiger partial charge in [-0.3, -0.25) is 0 Å². The molecule has 0 aliphatic rings. The Morgan fingerprint density at radius 3 is 2.16 bits per heavy atom. The zero-order valence-electron chi connectivity index (χ0n) is 12.8. The summed E-state index contributed by atoms with van der Waals surface area (Å²) in [5.41, 5.74) is -4.26. The third kappa shape index (κ3) is 3.61. The van der Waals surface area contributed by atoms with Crippen LogP contribution in [0, 0.1) is 0 Å². The molecule has 0 N–H and O–H groups in total. The summed E-state index contributed by atoms with van der Waals surface area (Å²) in [6.45, 7) is 0. The van der Waals surface area contributed by atoms with Crippen molar-refractivity contribution < 1.29 is 25.8 Å². The largest absolute Gasteiger partial charge is 0.534 e. The number of hydrogen-bond acceptors (Lipinski definition) is 3. The summed E-state index contributed by atoms with van der Waals surface area (Å²) in [6, 6.07) is 19.0. The fourth-order valence-corrected chi connectivity index (χ4v) is 3.04. The second-order valence-corrected chi connectivity index (χ2v) is 6.94. The van der Waals surface area contributed by atoms with E-state index in [1.165, 1.54) is 12.1 Å². The molecular formula is C18H13F3O3S. The third-order valence-corrected chi connectivity index (χ3v) is 4.68. The van der Waals surface area contributed by atoms with Crippen LogP contribution in [0.1, 0.15) is 11.1 Å². The summed E-state index contributed by atoms with van der Waals surface area (Å²) < 4.78 is 64.6. The van der Waals surface area contributed by atoms with Crippen LogP contribution in [0.3, 0.4) is 0 Å². The lowest BCUT2D eigenvalue weighted by Crippen LogP contribution is -2.28. The monoisotopic (exact) mass is 366 g/mol. The van der Waals surface area contributed by atoms with Gasteiger partial charge in [0.2, 0.25) is 0 Å². The van der Waals surface area contributed by atoms with Crippen LogP contribution in [-0.2, 0) is 16.5 Å². The maximum absolute atomic E-state index is 12.6. The Bertz CT molecular complexity index is 1010. The van der Waals surface area contributed by atoms with Crippen molar-refractivity contribution in [1.82, 2.24) is 0 Å². The summed E-state index contributed by atoms with van der Waals surface area (Å²) in [6.07, 6.45) is 0.241. The SMILES string of the molecule is O=S(=O)(Oc1ccccc1Cc1cccc2ccccc12)C(F)(F)F. The molecule has 0 saturated carbocycles. The van der Waals surface area contributed by atoms with Crippen LogP contribution in [-0.4, -0.2) is 13.9 Å². The Morgan fingerprint density at radius 1 is 0.800 bits per heavy atom. The molecule has 0 amide bonds. The van der Waals surface area contributed by atoms with E-state index in [1.807, 2.05) is 42.5 Å². The molecule has 0 radical (unpaired) electrons. The Labute approximate surface area is 142 Å². The highest BCUT2D eigenvalue weighted by atomic mass is 32.2. The first kappa shape index (κ1) is 17.3. The molecule has 0 bridgehead atoms. The van der Waals surface area contributed by atoms with Crippen molar-refractivity contribution in [1.29, 1.82) is 0 Å². The van der Waals surface area contributed by atoms with Gasteiger partial charge in [0.25, 0.3) is 0 Å². The van der Waals surface area contributed by atoms with Gasteiger partial charge < -0.3 is 4.18 Å². The Hall–Kier alpha value is -2.54. The van der Waals surface area contributed by atoms with Crippen LogP contribution in [0.4, 0.5) is 13.2 Å². The van der Waals surface area contributed by atoms with Gasteiger partial charge in [-0.15, -0.1) is 0 Å². The van der Waals surface area contributed by atoms with Gasteiger partial charge in [-0.25, -0.2) is 0 Å². The van der Waals surface area contributed by atoms with Crippen molar-refractivity contribution in [2.75, 3.05) is 0 Å². The number of halogens is 3. The topological polar surface area (TPSA) is 43.4 Å². The van der Waals surface area contributed by atoms with E-state index in [2.05, 4.69) is 4.18 Å². The maximum Gasteiger partial charge on any atom is 0.534 e. The molecule has 3 aromatic carbocycles. The van der Waals surface area contributed by atoms with Crippen LogP contribution >= 0.6 is 0 Å². The normalized spacial score (nSPS) is 12.3. The second kappa shape index (κ2) is 6.40.